The minimum atomic E-state index is -0.119. The van der Waals surface area contributed by atoms with Gasteiger partial charge >= 0.3 is 0 Å². The lowest BCUT2D eigenvalue weighted by Gasteiger charge is -2.20. The van der Waals surface area contributed by atoms with Crippen molar-refractivity contribution in [3.8, 4) is 0 Å². The number of thioether (sulfide) groups is 1. The molecule has 13 heavy (non-hydrogen) atoms. The van der Waals surface area contributed by atoms with Crippen molar-refractivity contribution in [1.82, 2.24) is 5.32 Å². The van der Waals surface area contributed by atoms with Gasteiger partial charge in [-0.1, -0.05) is 0 Å². The zero-order valence-electron chi connectivity index (χ0n) is 7.84. The normalized spacial score (nSPS) is 23.0. The van der Waals surface area contributed by atoms with Crippen molar-refractivity contribution in [3.63, 3.8) is 0 Å². The highest BCUT2D eigenvalue weighted by Gasteiger charge is 2.25. The van der Waals surface area contributed by atoms with Crippen LogP contribution in [-0.4, -0.2) is 23.8 Å². The molecule has 1 heterocycles. The average molecular weight is 201 g/mol. The van der Waals surface area contributed by atoms with E-state index < -0.39 is 0 Å². The average Bonchev–Trinajstić information content (AvgIpc) is 2.09. The quantitative estimate of drug-likeness (QED) is 0.549. The molecule has 1 fully saturated rings. The largest absolute Gasteiger partial charge is 0.296 e. The number of carbonyl (C=O) groups is 2. The first-order chi connectivity index (χ1) is 6.24. The Kier molecular flexibility index (Phi) is 4.28. The Hall–Kier alpha value is -0.510. The zero-order chi connectivity index (χ0) is 9.68. The summed E-state index contributed by atoms with van der Waals surface area (Å²) < 4.78 is 0. The molecule has 74 valence electrons. The molecule has 1 aliphatic heterocycles. The van der Waals surface area contributed by atoms with Crippen molar-refractivity contribution in [2.24, 2.45) is 5.92 Å². The highest BCUT2D eigenvalue weighted by molar-refractivity contribution is 7.98. The van der Waals surface area contributed by atoms with Crippen LogP contribution in [0.15, 0.2) is 0 Å². The van der Waals surface area contributed by atoms with Crippen LogP contribution in [0.4, 0.5) is 0 Å². The van der Waals surface area contributed by atoms with Crippen molar-refractivity contribution in [1.29, 1.82) is 0 Å². The molecule has 0 aromatic rings. The van der Waals surface area contributed by atoms with E-state index in [1.807, 2.05) is 0 Å². The van der Waals surface area contributed by atoms with Gasteiger partial charge < -0.3 is 0 Å². The fraction of sp³-hybridized carbons (Fsp3) is 0.778. The topological polar surface area (TPSA) is 46.2 Å². The van der Waals surface area contributed by atoms with Crippen molar-refractivity contribution < 1.29 is 9.59 Å². The maximum atomic E-state index is 11.3. The van der Waals surface area contributed by atoms with E-state index in [1.165, 1.54) is 0 Å². The maximum Gasteiger partial charge on any atom is 0.229 e. The molecule has 0 spiro atoms. The molecule has 0 saturated carbocycles. The van der Waals surface area contributed by atoms with Crippen LogP contribution in [0.5, 0.6) is 0 Å². The van der Waals surface area contributed by atoms with Crippen molar-refractivity contribution in [2.75, 3.05) is 12.0 Å². The molecule has 1 unspecified atom stereocenters. The van der Waals surface area contributed by atoms with Crippen LogP contribution in [0.1, 0.15) is 25.7 Å². The van der Waals surface area contributed by atoms with Gasteiger partial charge in [-0.05, 0) is 31.3 Å². The van der Waals surface area contributed by atoms with Gasteiger partial charge in [-0.15, -0.1) is 0 Å². The van der Waals surface area contributed by atoms with Crippen LogP contribution in [0, 0.1) is 5.92 Å². The summed E-state index contributed by atoms with van der Waals surface area (Å²) in [6, 6.07) is 0. The van der Waals surface area contributed by atoms with Crippen LogP contribution in [0.25, 0.3) is 0 Å². The van der Waals surface area contributed by atoms with E-state index >= 15 is 0 Å². The molecule has 1 saturated heterocycles. The second kappa shape index (κ2) is 5.27. The second-order valence-corrected chi connectivity index (χ2v) is 4.27. The summed E-state index contributed by atoms with van der Waals surface area (Å²) in [5.74, 6) is 0.978. The Balaban J connectivity index is 2.26. The first-order valence-electron chi connectivity index (χ1n) is 4.56. The first-order valence-corrected chi connectivity index (χ1v) is 5.96. The minimum Gasteiger partial charge on any atom is -0.296 e. The third-order valence-electron chi connectivity index (χ3n) is 2.25. The third-order valence-corrected chi connectivity index (χ3v) is 2.95. The van der Waals surface area contributed by atoms with Crippen LogP contribution in [-0.2, 0) is 9.59 Å². The van der Waals surface area contributed by atoms with Gasteiger partial charge in [-0.3, -0.25) is 14.9 Å². The summed E-state index contributed by atoms with van der Waals surface area (Å²) in [6.45, 7) is 0. The van der Waals surface area contributed by atoms with Gasteiger partial charge in [0.25, 0.3) is 0 Å². The lowest BCUT2D eigenvalue weighted by atomic mass is 9.94. The minimum absolute atomic E-state index is 0.0719. The van der Waals surface area contributed by atoms with E-state index in [4.69, 9.17) is 0 Å². The van der Waals surface area contributed by atoms with Gasteiger partial charge in [0.05, 0.1) is 0 Å². The number of imide groups is 1. The summed E-state index contributed by atoms with van der Waals surface area (Å²) in [5, 5.41) is 2.37. The SMILES string of the molecule is CSCCCC1CCC(=O)NC1=O. The molecule has 3 nitrogen and oxygen atoms in total. The molecule has 0 radical (unpaired) electrons. The Labute approximate surface area is 82.6 Å². The second-order valence-electron chi connectivity index (χ2n) is 3.28. The van der Waals surface area contributed by atoms with Crippen molar-refractivity contribution in [3.05, 3.63) is 0 Å². The third kappa shape index (κ3) is 3.38. The number of hydrogen-bond donors (Lipinski definition) is 1. The number of rotatable bonds is 4. The Bertz CT molecular complexity index is 206. The van der Waals surface area contributed by atoms with E-state index in [1.54, 1.807) is 11.8 Å². The van der Waals surface area contributed by atoms with Crippen LogP contribution >= 0.6 is 11.8 Å². The molecule has 0 aromatic carbocycles. The summed E-state index contributed by atoms with van der Waals surface area (Å²) in [7, 11) is 0. The predicted octanol–water partition coefficient (Wildman–Crippen LogP) is 1.18. The molecule has 1 rings (SSSR count). The van der Waals surface area contributed by atoms with Gasteiger partial charge in [0, 0.05) is 12.3 Å². The molecule has 0 aromatic heterocycles. The lowest BCUT2D eigenvalue weighted by Crippen LogP contribution is -2.40. The Morgan fingerprint density at radius 3 is 2.92 bits per heavy atom. The fourth-order valence-electron chi connectivity index (χ4n) is 1.49. The lowest BCUT2D eigenvalue weighted by molar-refractivity contribution is -0.136. The van der Waals surface area contributed by atoms with E-state index in [9.17, 15) is 9.59 Å². The molecular formula is C9H15NO2S. The van der Waals surface area contributed by atoms with Gasteiger partial charge in [0.2, 0.25) is 11.8 Å². The van der Waals surface area contributed by atoms with Gasteiger partial charge in [0.1, 0.15) is 0 Å². The van der Waals surface area contributed by atoms with Crippen molar-refractivity contribution in [2.45, 2.75) is 25.7 Å². The summed E-state index contributed by atoms with van der Waals surface area (Å²) in [6.07, 6.45) is 5.28. The predicted molar refractivity (Wildman–Crippen MR) is 53.5 cm³/mol. The molecule has 1 aliphatic rings. The zero-order valence-corrected chi connectivity index (χ0v) is 8.65. The molecule has 0 bridgehead atoms. The van der Waals surface area contributed by atoms with Gasteiger partial charge in [-0.25, -0.2) is 0 Å². The number of hydrogen-bond acceptors (Lipinski definition) is 3. The maximum absolute atomic E-state index is 11.3. The van der Waals surface area contributed by atoms with Crippen molar-refractivity contribution >= 4 is 23.6 Å². The fourth-order valence-corrected chi connectivity index (χ4v) is 1.94. The smallest absolute Gasteiger partial charge is 0.229 e. The Morgan fingerprint density at radius 1 is 1.54 bits per heavy atom. The highest BCUT2D eigenvalue weighted by Crippen LogP contribution is 2.18. The molecule has 4 heteroatoms. The molecular weight excluding hydrogens is 186 g/mol. The highest BCUT2D eigenvalue weighted by atomic mass is 32.2. The number of carbonyl (C=O) groups excluding carboxylic acids is 2. The monoisotopic (exact) mass is 201 g/mol. The summed E-state index contributed by atoms with van der Waals surface area (Å²) in [4.78, 5) is 22.1. The first kappa shape index (κ1) is 10.6. The number of piperidine rings is 1. The molecule has 0 aliphatic carbocycles. The van der Waals surface area contributed by atoms with Gasteiger partial charge in [0.15, 0.2) is 0 Å². The van der Waals surface area contributed by atoms with Crippen LogP contribution in [0.2, 0.25) is 0 Å². The van der Waals surface area contributed by atoms with Crippen LogP contribution in [0.3, 0.4) is 0 Å². The Morgan fingerprint density at radius 2 is 2.31 bits per heavy atom. The standard InChI is InChI=1S/C9H15NO2S/c1-13-6-2-3-7-4-5-8(11)10-9(7)12/h7H,2-6H2,1H3,(H,10,11,12). The van der Waals surface area contributed by atoms with Gasteiger partial charge in [-0.2, -0.15) is 11.8 Å². The van der Waals surface area contributed by atoms with E-state index in [0.29, 0.717) is 6.42 Å². The summed E-state index contributed by atoms with van der Waals surface area (Å²) >= 11 is 1.79. The van der Waals surface area contributed by atoms with Crippen LogP contribution < -0.4 is 5.32 Å². The molecule has 1 atom stereocenters. The summed E-state index contributed by atoms with van der Waals surface area (Å²) in [5.41, 5.74) is 0. The number of amides is 2. The van der Waals surface area contributed by atoms with E-state index in [-0.39, 0.29) is 17.7 Å². The van der Waals surface area contributed by atoms with E-state index in [2.05, 4.69) is 11.6 Å². The molecule has 1 N–H and O–H groups in total. The molecule has 2 amide bonds. The van der Waals surface area contributed by atoms with E-state index in [0.717, 1.165) is 25.0 Å². The number of nitrogens with one attached hydrogen (secondary N) is 1.